The third-order valence-corrected chi connectivity index (χ3v) is 4.37. The number of rotatable bonds is 8. The van der Waals surface area contributed by atoms with Crippen LogP contribution >= 0.6 is 0 Å². The fourth-order valence-corrected chi connectivity index (χ4v) is 3.12. The van der Waals surface area contributed by atoms with Gasteiger partial charge in [-0.15, -0.1) is 0 Å². The first-order valence-corrected chi connectivity index (χ1v) is 9.18. The number of ether oxygens (including phenoxy) is 2. The summed E-state index contributed by atoms with van der Waals surface area (Å²) in [6.07, 6.45) is 0.226. The van der Waals surface area contributed by atoms with Crippen LogP contribution in [0.3, 0.4) is 0 Å². The standard InChI is InChI=1S/C22H28N2O4/c1-15-10-16(2)12-19(11-15)24(17(3)25)9-8-23-22(26)14-18-6-7-20(27-4)21(13-18)28-5/h6-7,10-13H,8-9,14H2,1-5H3,(H,23,26). The Labute approximate surface area is 166 Å². The molecule has 2 aromatic rings. The number of hydrogen-bond acceptors (Lipinski definition) is 4. The third-order valence-electron chi connectivity index (χ3n) is 4.37. The Balaban J connectivity index is 1.95. The van der Waals surface area contributed by atoms with Crippen molar-refractivity contribution in [3.8, 4) is 11.5 Å². The highest BCUT2D eigenvalue weighted by molar-refractivity contribution is 5.91. The van der Waals surface area contributed by atoms with E-state index >= 15 is 0 Å². The van der Waals surface area contributed by atoms with E-state index in [2.05, 4.69) is 11.4 Å². The normalized spacial score (nSPS) is 10.3. The molecule has 6 heteroatoms. The molecule has 0 aliphatic heterocycles. The predicted octanol–water partition coefficient (Wildman–Crippen LogP) is 3.03. The van der Waals surface area contributed by atoms with Gasteiger partial charge in [0.25, 0.3) is 0 Å². The molecule has 0 fully saturated rings. The number of nitrogens with one attached hydrogen (secondary N) is 1. The van der Waals surface area contributed by atoms with Crippen LogP contribution < -0.4 is 19.7 Å². The average Bonchev–Trinajstić information content (AvgIpc) is 2.63. The molecule has 0 heterocycles. The first-order valence-electron chi connectivity index (χ1n) is 9.18. The number of methoxy groups -OCH3 is 2. The lowest BCUT2D eigenvalue weighted by molar-refractivity contribution is -0.121. The number of hydrogen-bond donors (Lipinski definition) is 1. The van der Waals surface area contributed by atoms with Crippen LogP contribution in [0.25, 0.3) is 0 Å². The first kappa shape index (κ1) is 21.3. The Hall–Kier alpha value is -3.02. The molecule has 0 radical (unpaired) electrons. The predicted molar refractivity (Wildman–Crippen MR) is 110 cm³/mol. The van der Waals surface area contributed by atoms with Crippen LogP contribution in [-0.2, 0) is 16.0 Å². The topological polar surface area (TPSA) is 67.9 Å². The summed E-state index contributed by atoms with van der Waals surface area (Å²) in [6, 6.07) is 11.4. The fourth-order valence-electron chi connectivity index (χ4n) is 3.12. The van der Waals surface area contributed by atoms with E-state index in [1.165, 1.54) is 6.92 Å². The van der Waals surface area contributed by atoms with Gasteiger partial charge in [0.05, 0.1) is 20.6 Å². The zero-order valence-electron chi connectivity index (χ0n) is 17.2. The number of anilines is 1. The monoisotopic (exact) mass is 384 g/mol. The second kappa shape index (κ2) is 9.78. The summed E-state index contributed by atoms with van der Waals surface area (Å²) < 4.78 is 10.5. The van der Waals surface area contributed by atoms with Crippen LogP contribution in [-0.4, -0.2) is 39.1 Å². The molecule has 0 aliphatic rings. The Kier molecular flexibility index (Phi) is 7.44. The molecule has 0 saturated carbocycles. The molecule has 0 aliphatic carbocycles. The second-order valence-electron chi connectivity index (χ2n) is 6.73. The van der Waals surface area contributed by atoms with E-state index in [9.17, 15) is 9.59 Å². The zero-order valence-corrected chi connectivity index (χ0v) is 17.2. The van der Waals surface area contributed by atoms with Crippen molar-refractivity contribution in [1.29, 1.82) is 0 Å². The SMILES string of the molecule is COc1ccc(CC(=O)NCCN(C(C)=O)c2cc(C)cc(C)c2)cc1OC. The molecule has 2 rings (SSSR count). The number of nitrogens with zero attached hydrogens (tertiary/aromatic N) is 1. The van der Waals surface area contributed by atoms with Gasteiger partial charge in [-0.3, -0.25) is 9.59 Å². The summed E-state index contributed by atoms with van der Waals surface area (Å²) in [5.41, 5.74) is 3.87. The van der Waals surface area contributed by atoms with E-state index in [0.29, 0.717) is 24.6 Å². The summed E-state index contributed by atoms with van der Waals surface area (Å²) in [4.78, 5) is 26.0. The molecular weight excluding hydrogens is 356 g/mol. The van der Waals surface area contributed by atoms with Crippen LogP contribution in [0.1, 0.15) is 23.6 Å². The summed E-state index contributed by atoms with van der Waals surface area (Å²) in [5.74, 6) is 1.04. The van der Waals surface area contributed by atoms with E-state index in [1.54, 1.807) is 31.3 Å². The highest BCUT2D eigenvalue weighted by atomic mass is 16.5. The lowest BCUT2D eigenvalue weighted by Crippen LogP contribution is -2.38. The van der Waals surface area contributed by atoms with Gasteiger partial charge in [-0.25, -0.2) is 0 Å². The van der Waals surface area contributed by atoms with Crippen LogP contribution in [0.15, 0.2) is 36.4 Å². The van der Waals surface area contributed by atoms with Crippen molar-refractivity contribution in [3.05, 3.63) is 53.1 Å². The molecule has 0 atom stereocenters. The van der Waals surface area contributed by atoms with Gasteiger partial charge in [0.2, 0.25) is 11.8 Å². The highest BCUT2D eigenvalue weighted by Gasteiger charge is 2.13. The van der Waals surface area contributed by atoms with E-state index in [4.69, 9.17) is 9.47 Å². The minimum atomic E-state index is -0.115. The number of carbonyl (C=O) groups is 2. The second-order valence-corrected chi connectivity index (χ2v) is 6.73. The Bertz CT molecular complexity index is 828. The van der Waals surface area contributed by atoms with E-state index in [-0.39, 0.29) is 18.2 Å². The molecule has 0 bridgehead atoms. The van der Waals surface area contributed by atoms with Crippen LogP contribution in [0, 0.1) is 13.8 Å². The smallest absolute Gasteiger partial charge is 0.224 e. The Morgan fingerprint density at radius 1 is 0.964 bits per heavy atom. The van der Waals surface area contributed by atoms with Crippen molar-refractivity contribution in [2.24, 2.45) is 0 Å². The van der Waals surface area contributed by atoms with Gasteiger partial charge in [-0.05, 0) is 54.8 Å². The van der Waals surface area contributed by atoms with Gasteiger partial charge in [0.15, 0.2) is 11.5 Å². The van der Waals surface area contributed by atoms with Gasteiger partial charge >= 0.3 is 0 Å². The summed E-state index contributed by atoms with van der Waals surface area (Å²) in [7, 11) is 3.13. The van der Waals surface area contributed by atoms with Crippen molar-refractivity contribution in [3.63, 3.8) is 0 Å². The molecule has 0 aromatic heterocycles. The quantitative estimate of drug-likeness (QED) is 0.760. The maximum Gasteiger partial charge on any atom is 0.224 e. The lowest BCUT2D eigenvalue weighted by Gasteiger charge is -2.22. The molecule has 0 saturated heterocycles. The fraction of sp³-hybridized carbons (Fsp3) is 0.364. The largest absolute Gasteiger partial charge is 0.493 e. The van der Waals surface area contributed by atoms with Gasteiger partial charge < -0.3 is 19.7 Å². The molecule has 2 aromatic carbocycles. The molecular formula is C22H28N2O4. The minimum absolute atomic E-state index is 0.0564. The average molecular weight is 384 g/mol. The number of aryl methyl sites for hydroxylation is 2. The number of carbonyl (C=O) groups excluding carboxylic acids is 2. The molecule has 0 unspecified atom stereocenters. The molecule has 1 N–H and O–H groups in total. The van der Waals surface area contributed by atoms with Crippen molar-refractivity contribution < 1.29 is 19.1 Å². The van der Waals surface area contributed by atoms with Crippen molar-refractivity contribution in [1.82, 2.24) is 5.32 Å². The van der Waals surface area contributed by atoms with E-state index in [1.807, 2.05) is 32.0 Å². The van der Waals surface area contributed by atoms with Crippen LogP contribution in [0.2, 0.25) is 0 Å². The maximum absolute atomic E-state index is 12.3. The van der Waals surface area contributed by atoms with E-state index in [0.717, 1.165) is 22.4 Å². The molecule has 2 amide bonds. The van der Waals surface area contributed by atoms with E-state index < -0.39 is 0 Å². The minimum Gasteiger partial charge on any atom is -0.493 e. The maximum atomic E-state index is 12.3. The number of amides is 2. The molecule has 28 heavy (non-hydrogen) atoms. The summed E-state index contributed by atoms with van der Waals surface area (Å²) >= 11 is 0. The van der Waals surface area contributed by atoms with Crippen molar-refractivity contribution in [2.45, 2.75) is 27.2 Å². The van der Waals surface area contributed by atoms with Crippen LogP contribution in [0.4, 0.5) is 5.69 Å². The Morgan fingerprint density at radius 2 is 1.61 bits per heavy atom. The van der Waals surface area contributed by atoms with Gasteiger partial charge in [-0.1, -0.05) is 12.1 Å². The van der Waals surface area contributed by atoms with Gasteiger partial charge in [-0.2, -0.15) is 0 Å². The van der Waals surface area contributed by atoms with Crippen molar-refractivity contribution in [2.75, 3.05) is 32.2 Å². The molecule has 150 valence electrons. The Morgan fingerprint density at radius 3 is 2.18 bits per heavy atom. The van der Waals surface area contributed by atoms with Crippen LogP contribution in [0.5, 0.6) is 11.5 Å². The first-order chi connectivity index (χ1) is 13.3. The van der Waals surface area contributed by atoms with Gasteiger partial charge in [0, 0.05) is 25.7 Å². The zero-order chi connectivity index (χ0) is 20.7. The third kappa shape index (κ3) is 5.74. The highest BCUT2D eigenvalue weighted by Crippen LogP contribution is 2.27. The van der Waals surface area contributed by atoms with Crippen molar-refractivity contribution >= 4 is 17.5 Å². The van der Waals surface area contributed by atoms with Gasteiger partial charge in [0.1, 0.15) is 0 Å². The summed E-state index contributed by atoms with van der Waals surface area (Å²) in [5, 5.41) is 2.88. The lowest BCUT2D eigenvalue weighted by atomic mass is 10.1. The summed E-state index contributed by atoms with van der Waals surface area (Å²) in [6.45, 7) is 6.32. The molecule has 0 spiro atoms. The molecule has 6 nitrogen and oxygen atoms in total. The number of benzene rings is 2.